The second-order valence-electron chi connectivity index (χ2n) is 6.01. The summed E-state index contributed by atoms with van der Waals surface area (Å²) in [6, 6.07) is 15.9. The number of nitrogens with zero attached hydrogens (tertiary/aromatic N) is 3. The van der Waals surface area contributed by atoms with Crippen molar-refractivity contribution in [3.63, 3.8) is 0 Å². The Balaban J connectivity index is 1.39. The number of aromatic nitrogens is 2. The van der Waals surface area contributed by atoms with Gasteiger partial charge in [0.1, 0.15) is 0 Å². The first-order valence-corrected chi connectivity index (χ1v) is 10.4. The highest BCUT2D eigenvalue weighted by molar-refractivity contribution is 8.00. The van der Waals surface area contributed by atoms with Crippen LogP contribution in [0.15, 0.2) is 71.1 Å². The molecule has 2 aromatic carbocycles. The topological polar surface area (TPSA) is 98.0 Å². The fourth-order valence-electron chi connectivity index (χ4n) is 2.71. The van der Waals surface area contributed by atoms with Crippen LogP contribution >= 0.6 is 23.1 Å². The van der Waals surface area contributed by atoms with Crippen LogP contribution in [0.4, 0.5) is 10.8 Å². The summed E-state index contributed by atoms with van der Waals surface area (Å²) in [5, 5.41) is 16.9. The molecule has 0 atom stereocenters. The fourth-order valence-corrected chi connectivity index (χ4v) is 4.29. The van der Waals surface area contributed by atoms with E-state index in [9.17, 15) is 14.9 Å². The van der Waals surface area contributed by atoms with E-state index in [0.717, 1.165) is 21.4 Å². The van der Waals surface area contributed by atoms with Gasteiger partial charge in [-0.25, -0.2) is 4.98 Å². The third kappa shape index (κ3) is 4.41. The van der Waals surface area contributed by atoms with E-state index in [4.69, 9.17) is 0 Å². The van der Waals surface area contributed by atoms with Crippen LogP contribution in [-0.2, 0) is 4.79 Å². The third-order valence-electron chi connectivity index (χ3n) is 4.08. The summed E-state index contributed by atoms with van der Waals surface area (Å²) in [5.74, 6) is 0.0785. The molecule has 4 aromatic rings. The first kappa shape index (κ1) is 19.0. The van der Waals surface area contributed by atoms with Crippen molar-refractivity contribution in [1.29, 1.82) is 0 Å². The number of rotatable bonds is 6. The predicted molar refractivity (Wildman–Crippen MR) is 115 cm³/mol. The second-order valence-corrected chi connectivity index (χ2v) is 7.89. The summed E-state index contributed by atoms with van der Waals surface area (Å²) in [4.78, 5) is 32.4. The highest BCUT2D eigenvalue weighted by atomic mass is 32.2. The number of hydrogen-bond donors (Lipinski definition) is 1. The number of thiazole rings is 1. The van der Waals surface area contributed by atoms with Gasteiger partial charge in [-0.2, -0.15) is 0 Å². The number of benzene rings is 2. The third-order valence-corrected chi connectivity index (χ3v) is 5.88. The Morgan fingerprint density at radius 1 is 1.14 bits per heavy atom. The number of hydrogen-bond acceptors (Lipinski definition) is 7. The number of anilines is 1. The lowest BCUT2D eigenvalue weighted by atomic mass is 10.1. The second kappa shape index (κ2) is 8.38. The first-order valence-electron chi connectivity index (χ1n) is 8.57. The van der Waals surface area contributed by atoms with Crippen LogP contribution in [0.2, 0.25) is 0 Å². The van der Waals surface area contributed by atoms with Crippen molar-refractivity contribution in [2.75, 3.05) is 11.1 Å². The molecular formula is C20H14N4O3S2. The van der Waals surface area contributed by atoms with Crippen LogP contribution in [0.25, 0.3) is 22.2 Å². The van der Waals surface area contributed by atoms with E-state index in [-0.39, 0.29) is 17.3 Å². The van der Waals surface area contributed by atoms with E-state index in [1.165, 1.54) is 35.2 Å². The summed E-state index contributed by atoms with van der Waals surface area (Å²) in [7, 11) is 0. The average Bonchev–Trinajstić information content (AvgIpc) is 3.20. The number of nitro benzene ring substituents is 1. The molecule has 0 aliphatic rings. The van der Waals surface area contributed by atoms with Crippen LogP contribution in [0, 0.1) is 10.1 Å². The molecule has 0 saturated carbocycles. The summed E-state index contributed by atoms with van der Waals surface area (Å²) in [5.41, 5.74) is 2.31. The smallest absolute Gasteiger partial charge is 0.269 e. The number of pyridine rings is 1. The van der Waals surface area contributed by atoms with E-state index >= 15 is 0 Å². The maximum absolute atomic E-state index is 12.3. The Morgan fingerprint density at radius 3 is 2.72 bits per heavy atom. The number of fused-ring (bicyclic) bond motifs is 1. The normalized spacial score (nSPS) is 10.8. The number of nitro groups is 1. The summed E-state index contributed by atoms with van der Waals surface area (Å²) in [6.07, 6.45) is 1.74. The summed E-state index contributed by atoms with van der Waals surface area (Å²) in [6.45, 7) is 0. The number of para-hydroxylation sites is 1. The van der Waals surface area contributed by atoms with Crippen molar-refractivity contribution in [3.8, 4) is 11.3 Å². The van der Waals surface area contributed by atoms with Gasteiger partial charge in [0.05, 0.1) is 21.9 Å². The number of non-ortho nitro benzene ring substituents is 1. The van der Waals surface area contributed by atoms with Crippen LogP contribution in [0.5, 0.6) is 0 Å². The minimum absolute atomic E-state index is 0.0254. The Kier molecular flexibility index (Phi) is 5.50. The molecule has 4 rings (SSSR count). The number of carbonyl (C=O) groups excluding carboxylic acids is 1. The van der Waals surface area contributed by atoms with Crippen LogP contribution < -0.4 is 5.32 Å². The zero-order chi connectivity index (χ0) is 20.2. The maximum atomic E-state index is 12.3. The molecule has 7 nitrogen and oxygen atoms in total. The molecule has 0 spiro atoms. The molecule has 0 fully saturated rings. The number of thioether (sulfide) groups is 1. The van der Waals surface area contributed by atoms with E-state index in [2.05, 4.69) is 15.3 Å². The zero-order valence-electron chi connectivity index (χ0n) is 14.9. The molecule has 29 heavy (non-hydrogen) atoms. The van der Waals surface area contributed by atoms with Crippen molar-refractivity contribution < 1.29 is 9.72 Å². The fraction of sp³-hybridized carbons (Fsp3) is 0.0500. The minimum atomic E-state index is -0.445. The van der Waals surface area contributed by atoms with Gasteiger partial charge in [0.2, 0.25) is 5.91 Å². The molecular weight excluding hydrogens is 408 g/mol. The summed E-state index contributed by atoms with van der Waals surface area (Å²) < 4.78 is 0. The zero-order valence-corrected chi connectivity index (χ0v) is 16.6. The largest absolute Gasteiger partial charge is 0.301 e. The van der Waals surface area contributed by atoms with Gasteiger partial charge in [-0.3, -0.25) is 19.9 Å². The molecule has 9 heteroatoms. The lowest BCUT2D eigenvalue weighted by molar-refractivity contribution is -0.384. The van der Waals surface area contributed by atoms with Gasteiger partial charge in [0, 0.05) is 39.6 Å². The van der Waals surface area contributed by atoms with Crippen LogP contribution in [0.1, 0.15) is 0 Å². The Bertz CT molecular complexity index is 1190. The maximum Gasteiger partial charge on any atom is 0.269 e. The Labute approximate surface area is 174 Å². The quantitative estimate of drug-likeness (QED) is 0.267. The molecule has 0 bridgehead atoms. The highest BCUT2D eigenvalue weighted by Crippen LogP contribution is 2.28. The van der Waals surface area contributed by atoms with E-state index in [0.29, 0.717) is 10.8 Å². The van der Waals surface area contributed by atoms with E-state index < -0.39 is 4.92 Å². The average molecular weight is 422 g/mol. The van der Waals surface area contributed by atoms with Crippen molar-refractivity contribution in [3.05, 3.63) is 76.3 Å². The molecule has 0 saturated heterocycles. The van der Waals surface area contributed by atoms with Crippen LogP contribution in [0.3, 0.4) is 0 Å². The molecule has 0 aliphatic carbocycles. The number of nitrogens with one attached hydrogen (secondary N) is 1. The van der Waals surface area contributed by atoms with Crippen molar-refractivity contribution in [2.45, 2.75) is 4.90 Å². The van der Waals surface area contributed by atoms with Gasteiger partial charge in [-0.15, -0.1) is 23.1 Å². The monoisotopic (exact) mass is 422 g/mol. The number of amides is 1. The van der Waals surface area contributed by atoms with Crippen molar-refractivity contribution >= 4 is 50.7 Å². The molecule has 1 N–H and O–H groups in total. The molecule has 0 aliphatic heterocycles. The van der Waals surface area contributed by atoms with Gasteiger partial charge in [0.25, 0.3) is 5.69 Å². The molecule has 144 valence electrons. The van der Waals surface area contributed by atoms with E-state index in [1.807, 2.05) is 30.3 Å². The van der Waals surface area contributed by atoms with Crippen molar-refractivity contribution in [1.82, 2.24) is 9.97 Å². The molecule has 2 heterocycles. The SMILES string of the molecule is O=C(CSc1cccc2cccnc12)Nc1nc(-c2ccc([N+](=O)[O-])cc2)cs1. The van der Waals surface area contributed by atoms with Crippen LogP contribution in [-0.4, -0.2) is 26.6 Å². The predicted octanol–water partition coefficient (Wildman–Crippen LogP) is 5.00. The molecule has 0 unspecified atom stereocenters. The van der Waals surface area contributed by atoms with Gasteiger partial charge in [-0.1, -0.05) is 18.2 Å². The standard InChI is InChI=1S/C20H14N4O3S2/c25-18(12-28-17-5-1-3-14-4-2-10-21-19(14)17)23-20-22-16(11-29-20)13-6-8-15(9-7-13)24(26)27/h1-11H,12H2,(H,22,23,25). The molecule has 1 amide bonds. The van der Waals surface area contributed by atoms with Gasteiger partial charge < -0.3 is 5.32 Å². The van der Waals surface area contributed by atoms with Crippen molar-refractivity contribution in [2.24, 2.45) is 0 Å². The van der Waals surface area contributed by atoms with Gasteiger partial charge >= 0.3 is 0 Å². The lowest BCUT2D eigenvalue weighted by Gasteiger charge is -2.05. The highest BCUT2D eigenvalue weighted by Gasteiger charge is 2.11. The van der Waals surface area contributed by atoms with E-state index in [1.54, 1.807) is 23.7 Å². The molecule has 2 aromatic heterocycles. The Hall–Kier alpha value is -3.30. The number of carbonyl (C=O) groups is 1. The lowest BCUT2D eigenvalue weighted by Crippen LogP contribution is -2.13. The molecule has 0 radical (unpaired) electrons. The van der Waals surface area contributed by atoms with Gasteiger partial charge in [0.15, 0.2) is 5.13 Å². The van der Waals surface area contributed by atoms with Gasteiger partial charge in [-0.05, 0) is 24.3 Å². The minimum Gasteiger partial charge on any atom is -0.301 e. The first-order chi connectivity index (χ1) is 14.1. The summed E-state index contributed by atoms with van der Waals surface area (Å²) >= 11 is 2.73. The Morgan fingerprint density at radius 2 is 1.93 bits per heavy atom.